The first-order chi connectivity index (χ1) is 17.2. The zero-order chi connectivity index (χ0) is 26.1. The number of fused-ring (bicyclic) bond motifs is 1. The number of carboxylic acids is 1. The van der Waals surface area contributed by atoms with Gasteiger partial charge in [0.25, 0.3) is 0 Å². The average molecular weight is 491 g/mol. The smallest absolute Gasteiger partial charge is 0.303 e. The van der Waals surface area contributed by atoms with Crippen molar-refractivity contribution in [2.24, 2.45) is 5.92 Å². The number of rotatable bonds is 12. The molecule has 0 aromatic heterocycles. The number of carboxylic acid groups (broad SMARTS) is 1. The van der Waals surface area contributed by atoms with Crippen molar-refractivity contribution in [2.45, 2.75) is 57.7 Å². The van der Waals surface area contributed by atoms with Crippen molar-refractivity contribution in [2.75, 3.05) is 0 Å². The summed E-state index contributed by atoms with van der Waals surface area (Å²) in [5.41, 5.74) is 1.75. The van der Waals surface area contributed by atoms with Gasteiger partial charge >= 0.3 is 5.97 Å². The van der Waals surface area contributed by atoms with Crippen LogP contribution in [0.5, 0.6) is 0 Å². The molecule has 0 spiro atoms. The molecular weight excluding hydrogens is 456 g/mol. The summed E-state index contributed by atoms with van der Waals surface area (Å²) in [7, 11) is 0. The molecule has 2 amide bonds. The van der Waals surface area contributed by atoms with Gasteiger partial charge in [-0.25, -0.2) is 0 Å². The lowest BCUT2D eigenvalue weighted by Crippen LogP contribution is -2.55. The Kier molecular flexibility index (Phi) is 9.59. The number of aliphatic hydroxyl groups excluding tert-OH is 1. The highest BCUT2D eigenvalue weighted by molar-refractivity contribution is 5.90. The molecule has 0 aliphatic heterocycles. The third-order valence-electron chi connectivity index (χ3n) is 6.19. The second kappa shape index (κ2) is 12.8. The van der Waals surface area contributed by atoms with Crippen LogP contribution in [0.3, 0.4) is 0 Å². The van der Waals surface area contributed by atoms with E-state index in [0.29, 0.717) is 6.42 Å². The molecule has 3 rings (SSSR count). The molecule has 0 bridgehead atoms. The number of hydrogen-bond donors (Lipinski definition) is 4. The molecule has 4 N–H and O–H groups in total. The number of aliphatic hydroxyl groups is 1. The maximum atomic E-state index is 13.2. The van der Waals surface area contributed by atoms with Crippen LogP contribution in [0.2, 0.25) is 0 Å². The molecule has 0 aliphatic rings. The van der Waals surface area contributed by atoms with Gasteiger partial charge in [0, 0.05) is 6.42 Å². The van der Waals surface area contributed by atoms with Gasteiger partial charge in [-0.2, -0.15) is 0 Å². The fourth-order valence-electron chi connectivity index (χ4n) is 4.19. The third-order valence-corrected chi connectivity index (χ3v) is 6.19. The summed E-state index contributed by atoms with van der Waals surface area (Å²) in [6, 6.07) is 21.6. The summed E-state index contributed by atoms with van der Waals surface area (Å²) in [4.78, 5) is 37.1. The van der Waals surface area contributed by atoms with Gasteiger partial charge in [-0.1, -0.05) is 86.6 Å². The van der Waals surface area contributed by atoms with Crippen molar-refractivity contribution >= 4 is 28.6 Å². The van der Waals surface area contributed by atoms with Crippen molar-refractivity contribution in [3.63, 3.8) is 0 Å². The molecule has 36 heavy (non-hydrogen) atoms. The fourth-order valence-corrected chi connectivity index (χ4v) is 4.19. The Morgan fingerprint density at radius 2 is 1.50 bits per heavy atom. The third kappa shape index (κ3) is 7.92. The topological polar surface area (TPSA) is 116 Å². The Balaban J connectivity index is 1.68. The highest BCUT2D eigenvalue weighted by atomic mass is 16.4. The Bertz CT molecular complexity index is 1180. The van der Waals surface area contributed by atoms with Crippen LogP contribution < -0.4 is 10.6 Å². The van der Waals surface area contributed by atoms with Crippen LogP contribution in [0, 0.1) is 5.92 Å². The van der Waals surface area contributed by atoms with Gasteiger partial charge < -0.3 is 20.8 Å². The standard InChI is InChI=1S/C29H34N2O5/c1-19(2)28(31-26(33)18-21-12-13-22-10-6-7-11-23(22)16-21)29(36)30-24(25(32)14-15-27(34)35)17-20-8-4-3-5-9-20/h3-13,16,19,24-25,28,32H,14-15,17-18H2,1-2H3,(H,30,36)(H,31,33)(H,34,35)/t24-,25-,28?/m0/s1. The van der Waals surface area contributed by atoms with Crippen LogP contribution in [0.25, 0.3) is 10.8 Å². The van der Waals surface area contributed by atoms with Gasteiger partial charge in [-0.05, 0) is 40.7 Å². The normalized spacial score (nSPS) is 13.7. The Labute approximate surface area is 211 Å². The predicted octanol–water partition coefficient (Wildman–Crippen LogP) is 3.48. The van der Waals surface area contributed by atoms with Crippen molar-refractivity contribution in [3.8, 4) is 0 Å². The zero-order valence-corrected chi connectivity index (χ0v) is 20.7. The molecule has 0 saturated carbocycles. The molecule has 1 unspecified atom stereocenters. The summed E-state index contributed by atoms with van der Waals surface area (Å²) < 4.78 is 0. The molecule has 7 nitrogen and oxygen atoms in total. The summed E-state index contributed by atoms with van der Waals surface area (Å²) in [5.74, 6) is -1.89. The van der Waals surface area contributed by atoms with E-state index in [0.717, 1.165) is 21.9 Å². The van der Waals surface area contributed by atoms with Gasteiger partial charge in [0.1, 0.15) is 6.04 Å². The molecule has 0 fully saturated rings. The number of benzene rings is 3. The van der Waals surface area contributed by atoms with E-state index in [1.165, 1.54) is 0 Å². The molecule has 0 heterocycles. The van der Waals surface area contributed by atoms with Crippen molar-refractivity contribution in [3.05, 3.63) is 83.9 Å². The van der Waals surface area contributed by atoms with E-state index in [1.54, 1.807) is 0 Å². The quantitative estimate of drug-likeness (QED) is 0.310. The second-order valence-corrected chi connectivity index (χ2v) is 9.45. The number of amides is 2. The Morgan fingerprint density at radius 1 is 0.833 bits per heavy atom. The van der Waals surface area contributed by atoms with Gasteiger partial charge in [0.05, 0.1) is 18.6 Å². The average Bonchev–Trinajstić information content (AvgIpc) is 2.85. The minimum Gasteiger partial charge on any atom is -0.481 e. The highest BCUT2D eigenvalue weighted by Gasteiger charge is 2.29. The van der Waals surface area contributed by atoms with Crippen LogP contribution in [-0.4, -0.2) is 46.2 Å². The lowest BCUT2D eigenvalue weighted by Gasteiger charge is -2.28. The monoisotopic (exact) mass is 490 g/mol. The highest BCUT2D eigenvalue weighted by Crippen LogP contribution is 2.16. The maximum Gasteiger partial charge on any atom is 0.303 e. The minimum atomic E-state index is -1.05. The van der Waals surface area contributed by atoms with Gasteiger partial charge in [0.2, 0.25) is 11.8 Å². The first kappa shape index (κ1) is 26.9. The minimum absolute atomic E-state index is 0.00772. The van der Waals surface area contributed by atoms with E-state index in [4.69, 9.17) is 5.11 Å². The SMILES string of the molecule is CC(C)C(NC(=O)Cc1ccc2ccccc2c1)C(=O)N[C@@H](Cc1ccccc1)[C@@H](O)CCC(=O)O. The molecule has 0 saturated heterocycles. The first-order valence-electron chi connectivity index (χ1n) is 12.2. The van der Waals surface area contributed by atoms with E-state index < -0.39 is 30.1 Å². The molecule has 3 atom stereocenters. The van der Waals surface area contributed by atoms with Gasteiger partial charge in [-0.15, -0.1) is 0 Å². The van der Waals surface area contributed by atoms with E-state index in [2.05, 4.69) is 10.6 Å². The van der Waals surface area contributed by atoms with Crippen LogP contribution >= 0.6 is 0 Å². The van der Waals surface area contributed by atoms with Crippen LogP contribution in [0.4, 0.5) is 0 Å². The molecule has 7 heteroatoms. The Hall–Kier alpha value is -3.71. The van der Waals surface area contributed by atoms with Crippen LogP contribution in [-0.2, 0) is 27.2 Å². The van der Waals surface area contributed by atoms with E-state index in [-0.39, 0.29) is 31.1 Å². The Morgan fingerprint density at radius 3 is 2.17 bits per heavy atom. The lowest BCUT2D eigenvalue weighted by molar-refractivity contribution is -0.137. The fraction of sp³-hybridized carbons (Fsp3) is 0.345. The van der Waals surface area contributed by atoms with Crippen molar-refractivity contribution < 1.29 is 24.6 Å². The van der Waals surface area contributed by atoms with Gasteiger partial charge in [-0.3, -0.25) is 14.4 Å². The lowest BCUT2D eigenvalue weighted by atomic mass is 9.96. The van der Waals surface area contributed by atoms with E-state index in [9.17, 15) is 19.5 Å². The molecule has 3 aromatic rings. The summed E-state index contributed by atoms with van der Waals surface area (Å²) in [6.45, 7) is 3.68. The molecule has 190 valence electrons. The van der Waals surface area contributed by atoms with Crippen molar-refractivity contribution in [1.82, 2.24) is 10.6 Å². The number of aliphatic carboxylic acids is 1. The summed E-state index contributed by atoms with van der Waals surface area (Å²) in [5, 5.41) is 27.5. The van der Waals surface area contributed by atoms with Crippen LogP contribution in [0.15, 0.2) is 72.8 Å². The number of hydrogen-bond acceptors (Lipinski definition) is 4. The van der Waals surface area contributed by atoms with E-state index >= 15 is 0 Å². The summed E-state index contributed by atoms with van der Waals surface area (Å²) >= 11 is 0. The van der Waals surface area contributed by atoms with E-state index in [1.807, 2.05) is 86.6 Å². The maximum absolute atomic E-state index is 13.2. The molecule has 3 aromatic carbocycles. The zero-order valence-electron chi connectivity index (χ0n) is 20.7. The first-order valence-corrected chi connectivity index (χ1v) is 12.2. The number of nitrogens with one attached hydrogen (secondary N) is 2. The molecular formula is C29H34N2O5. The molecule has 0 aliphatic carbocycles. The second-order valence-electron chi connectivity index (χ2n) is 9.45. The van der Waals surface area contributed by atoms with Crippen LogP contribution in [0.1, 0.15) is 37.8 Å². The van der Waals surface area contributed by atoms with Gasteiger partial charge in [0.15, 0.2) is 0 Å². The predicted molar refractivity (Wildman–Crippen MR) is 139 cm³/mol. The number of carbonyl (C=O) groups is 3. The summed E-state index contributed by atoms with van der Waals surface area (Å²) in [6.07, 6.45) is -0.780. The van der Waals surface area contributed by atoms with Crippen molar-refractivity contribution in [1.29, 1.82) is 0 Å². The molecule has 0 radical (unpaired) electrons. The number of carbonyl (C=O) groups excluding carboxylic acids is 2. The largest absolute Gasteiger partial charge is 0.481 e.